The van der Waals surface area contributed by atoms with E-state index < -0.39 is 0 Å². The predicted molar refractivity (Wildman–Crippen MR) is 62.6 cm³/mol. The normalized spacial score (nSPS) is 9.77. The molecule has 1 aromatic rings. The van der Waals surface area contributed by atoms with Crippen molar-refractivity contribution >= 4 is 33.2 Å². The van der Waals surface area contributed by atoms with Gasteiger partial charge in [0.2, 0.25) is 0 Å². The Kier molecular flexibility index (Phi) is 3.82. The Morgan fingerprint density at radius 1 is 1.62 bits per heavy atom. The first-order valence-corrected chi connectivity index (χ1v) is 5.13. The maximum atomic E-state index is 5.95. The fourth-order valence-electron chi connectivity index (χ4n) is 1.19. The van der Waals surface area contributed by atoms with Gasteiger partial charge in [0, 0.05) is 7.05 Å². The lowest BCUT2D eigenvalue weighted by Gasteiger charge is -2.10. The van der Waals surface area contributed by atoms with Gasteiger partial charge in [-0.25, -0.2) is 0 Å². The van der Waals surface area contributed by atoms with Crippen LogP contribution < -0.4 is 5.32 Å². The van der Waals surface area contributed by atoms with Crippen molar-refractivity contribution in [2.75, 3.05) is 12.4 Å². The van der Waals surface area contributed by atoms with Gasteiger partial charge in [0.05, 0.1) is 15.2 Å². The first-order valence-electron chi connectivity index (χ1n) is 3.96. The molecular formula is C10H11BrClN. The molecule has 0 saturated carbocycles. The van der Waals surface area contributed by atoms with Crippen LogP contribution in [0, 0.1) is 0 Å². The van der Waals surface area contributed by atoms with Crippen LogP contribution in [-0.2, 0) is 6.42 Å². The van der Waals surface area contributed by atoms with Gasteiger partial charge < -0.3 is 5.32 Å². The molecule has 0 heterocycles. The molecule has 0 fully saturated rings. The molecule has 0 aromatic heterocycles. The van der Waals surface area contributed by atoms with Crippen molar-refractivity contribution in [2.45, 2.75) is 6.42 Å². The van der Waals surface area contributed by atoms with Crippen LogP contribution in [0.1, 0.15) is 5.56 Å². The second kappa shape index (κ2) is 4.68. The molecule has 1 rings (SSSR count). The van der Waals surface area contributed by atoms with Gasteiger partial charge in [-0.15, -0.1) is 6.58 Å². The molecule has 1 nitrogen and oxygen atoms in total. The molecule has 0 spiro atoms. The van der Waals surface area contributed by atoms with Gasteiger partial charge in [0.1, 0.15) is 0 Å². The molecule has 0 radical (unpaired) electrons. The van der Waals surface area contributed by atoms with Crippen LogP contribution in [0.25, 0.3) is 0 Å². The lowest BCUT2D eigenvalue weighted by molar-refractivity contribution is 1.25. The number of benzene rings is 1. The van der Waals surface area contributed by atoms with Crippen LogP contribution in [-0.4, -0.2) is 7.05 Å². The minimum absolute atomic E-state index is 0.720. The van der Waals surface area contributed by atoms with E-state index in [1.54, 1.807) is 0 Å². The van der Waals surface area contributed by atoms with Gasteiger partial charge in [-0.1, -0.05) is 23.7 Å². The average Bonchev–Trinajstić information content (AvgIpc) is 2.12. The van der Waals surface area contributed by atoms with Crippen molar-refractivity contribution in [3.8, 4) is 0 Å². The van der Waals surface area contributed by atoms with E-state index in [0.717, 1.165) is 21.6 Å². The van der Waals surface area contributed by atoms with E-state index in [1.807, 2.05) is 25.3 Å². The van der Waals surface area contributed by atoms with Gasteiger partial charge in [0.15, 0.2) is 0 Å². The molecule has 1 aromatic carbocycles. The van der Waals surface area contributed by atoms with E-state index in [0.29, 0.717) is 0 Å². The van der Waals surface area contributed by atoms with Crippen molar-refractivity contribution < 1.29 is 0 Å². The summed E-state index contributed by atoms with van der Waals surface area (Å²) in [5.41, 5.74) is 2.22. The molecule has 70 valence electrons. The molecule has 3 heteroatoms. The van der Waals surface area contributed by atoms with Crippen molar-refractivity contribution in [2.24, 2.45) is 0 Å². The van der Waals surface area contributed by atoms with E-state index in [9.17, 15) is 0 Å². The lowest BCUT2D eigenvalue weighted by atomic mass is 10.1. The highest BCUT2D eigenvalue weighted by molar-refractivity contribution is 9.10. The van der Waals surface area contributed by atoms with Crippen LogP contribution >= 0.6 is 27.5 Å². The Bertz CT molecular complexity index is 323. The number of rotatable bonds is 3. The maximum Gasteiger partial charge on any atom is 0.0596 e. The zero-order chi connectivity index (χ0) is 9.84. The SMILES string of the molecule is C=CCc1ccc(Cl)c(Br)c1NC. The summed E-state index contributed by atoms with van der Waals surface area (Å²) < 4.78 is 0.913. The Labute approximate surface area is 91.9 Å². The largest absolute Gasteiger partial charge is 0.387 e. The maximum absolute atomic E-state index is 5.95. The number of halogens is 2. The fourth-order valence-corrected chi connectivity index (χ4v) is 1.93. The van der Waals surface area contributed by atoms with Crippen LogP contribution in [0.3, 0.4) is 0 Å². The summed E-state index contributed by atoms with van der Waals surface area (Å²) in [6.45, 7) is 3.71. The summed E-state index contributed by atoms with van der Waals surface area (Å²) in [6, 6.07) is 3.88. The Morgan fingerprint density at radius 2 is 2.31 bits per heavy atom. The van der Waals surface area contributed by atoms with Crippen molar-refractivity contribution in [1.82, 2.24) is 0 Å². The average molecular weight is 261 g/mol. The molecule has 1 N–H and O–H groups in total. The Balaban J connectivity index is 3.20. The number of anilines is 1. The third-order valence-corrected chi connectivity index (χ3v) is 3.16. The number of hydrogen-bond acceptors (Lipinski definition) is 1. The first kappa shape index (κ1) is 10.6. The second-order valence-electron chi connectivity index (χ2n) is 2.64. The van der Waals surface area contributed by atoms with Gasteiger partial charge in [-0.2, -0.15) is 0 Å². The smallest absolute Gasteiger partial charge is 0.0596 e. The molecule has 13 heavy (non-hydrogen) atoms. The molecular weight excluding hydrogens is 249 g/mol. The molecule has 0 bridgehead atoms. The minimum Gasteiger partial charge on any atom is -0.387 e. The van der Waals surface area contributed by atoms with E-state index in [4.69, 9.17) is 11.6 Å². The molecule has 0 unspecified atom stereocenters. The molecule has 0 aliphatic rings. The summed E-state index contributed by atoms with van der Waals surface area (Å²) >= 11 is 9.38. The van der Waals surface area contributed by atoms with E-state index in [-0.39, 0.29) is 0 Å². The molecule has 0 amide bonds. The van der Waals surface area contributed by atoms with Gasteiger partial charge in [-0.3, -0.25) is 0 Å². The monoisotopic (exact) mass is 259 g/mol. The fraction of sp³-hybridized carbons (Fsp3) is 0.200. The standard InChI is InChI=1S/C10H11BrClN/c1-3-4-7-5-6-8(12)9(11)10(7)13-2/h3,5-6,13H,1,4H2,2H3. The molecule has 0 aliphatic heterocycles. The summed E-state index contributed by atoms with van der Waals surface area (Å²) in [4.78, 5) is 0. The molecule has 0 atom stereocenters. The highest BCUT2D eigenvalue weighted by Gasteiger charge is 2.07. The lowest BCUT2D eigenvalue weighted by Crippen LogP contribution is -1.96. The third-order valence-electron chi connectivity index (χ3n) is 1.80. The zero-order valence-electron chi connectivity index (χ0n) is 7.40. The van der Waals surface area contributed by atoms with Crippen LogP contribution in [0.4, 0.5) is 5.69 Å². The summed E-state index contributed by atoms with van der Waals surface area (Å²) in [5.74, 6) is 0. The Hall–Kier alpha value is -0.470. The predicted octanol–water partition coefficient (Wildman–Crippen LogP) is 3.87. The van der Waals surface area contributed by atoms with Crippen LogP contribution in [0.5, 0.6) is 0 Å². The summed E-state index contributed by atoms with van der Waals surface area (Å²) in [6.07, 6.45) is 2.71. The highest BCUT2D eigenvalue weighted by Crippen LogP contribution is 2.33. The first-order chi connectivity index (χ1) is 6.20. The Morgan fingerprint density at radius 3 is 2.85 bits per heavy atom. The third kappa shape index (κ3) is 2.26. The van der Waals surface area contributed by atoms with Crippen molar-refractivity contribution in [3.05, 3.63) is 39.8 Å². The van der Waals surface area contributed by atoms with Gasteiger partial charge in [0.25, 0.3) is 0 Å². The number of hydrogen-bond donors (Lipinski definition) is 1. The van der Waals surface area contributed by atoms with Crippen molar-refractivity contribution in [3.63, 3.8) is 0 Å². The number of nitrogens with one attached hydrogen (secondary N) is 1. The minimum atomic E-state index is 0.720. The topological polar surface area (TPSA) is 12.0 Å². The second-order valence-corrected chi connectivity index (χ2v) is 3.84. The number of allylic oxidation sites excluding steroid dienone is 1. The molecule has 0 aliphatic carbocycles. The quantitative estimate of drug-likeness (QED) is 0.814. The van der Waals surface area contributed by atoms with E-state index in [2.05, 4.69) is 27.8 Å². The van der Waals surface area contributed by atoms with Crippen molar-refractivity contribution in [1.29, 1.82) is 0 Å². The van der Waals surface area contributed by atoms with E-state index >= 15 is 0 Å². The molecule has 0 saturated heterocycles. The van der Waals surface area contributed by atoms with Gasteiger partial charge in [-0.05, 0) is 34.0 Å². The highest BCUT2D eigenvalue weighted by atomic mass is 79.9. The zero-order valence-corrected chi connectivity index (χ0v) is 9.74. The van der Waals surface area contributed by atoms with Crippen LogP contribution in [0.15, 0.2) is 29.3 Å². The van der Waals surface area contributed by atoms with Gasteiger partial charge >= 0.3 is 0 Å². The van der Waals surface area contributed by atoms with Crippen LogP contribution in [0.2, 0.25) is 5.02 Å². The summed E-state index contributed by atoms with van der Waals surface area (Å²) in [5, 5.41) is 3.83. The van der Waals surface area contributed by atoms with E-state index in [1.165, 1.54) is 5.56 Å². The summed E-state index contributed by atoms with van der Waals surface area (Å²) in [7, 11) is 1.88.